The van der Waals surface area contributed by atoms with Crippen LogP contribution in [0.5, 0.6) is 0 Å². The standard InChI is InChI=1S/C14H18FNO2/c1-4-17-9(2)14(16-3)13-8-10-7-11(15)5-6-12(10)18-13/h5-9,14,16H,4H2,1-3H3. The molecular weight excluding hydrogens is 233 g/mol. The lowest BCUT2D eigenvalue weighted by Crippen LogP contribution is -2.29. The molecule has 2 unspecified atom stereocenters. The fourth-order valence-corrected chi connectivity index (χ4v) is 2.16. The molecule has 1 aromatic carbocycles. The summed E-state index contributed by atoms with van der Waals surface area (Å²) in [6.45, 7) is 4.59. The summed E-state index contributed by atoms with van der Waals surface area (Å²) in [6, 6.07) is 6.33. The van der Waals surface area contributed by atoms with Crippen LogP contribution in [0.3, 0.4) is 0 Å². The Labute approximate surface area is 106 Å². The highest BCUT2D eigenvalue weighted by Crippen LogP contribution is 2.27. The molecule has 98 valence electrons. The van der Waals surface area contributed by atoms with Gasteiger partial charge >= 0.3 is 0 Å². The summed E-state index contributed by atoms with van der Waals surface area (Å²) in [7, 11) is 1.86. The van der Waals surface area contributed by atoms with Crippen molar-refractivity contribution in [2.45, 2.75) is 26.0 Å². The lowest BCUT2D eigenvalue weighted by molar-refractivity contribution is 0.0440. The Morgan fingerprint density at radius 2 is 2.17 bits per heavy atom. The fraction of sp³-hybridized carbons (Fsp3) is 0.429. The molecule has 0 amide bonds. The molecule has 0 aliphatic rings. The van der Waals surface area contributed by atoms with Crippen molar-refractivity contribution < 1.29 is 13.5 Å². The summed E-state index contributed by atoms with van der Waals surface area (Å²) in [5.41, 5.74) is 0.690. The van der Waals surface area contributed by atoms with E-state index in [0.717, 1.165) is 11.1 Å². The van der Waals surface area contributed by atoms with Gasteiger partial charge in [0.2, 0.25) is 0 Å². The molecule has 0 radical (unpaired) electrons. The van der Waals surface area contributed by atoms with Crippen LogP contribution in [0.4, 0.5) is 4.39 Å². The molecule has 0 spiro atoms. The first kappa shape index (κ1) is 13.1. The van der Waals surface area contributed by atoms with Gasteiger partial charge in [0.15, 0.2) is 0 Å². The zero-order valence-corrected chi connectivity index (χ0v) is 10.9. The van der Waals surface area contributed by atoms with Crippen molar-refractivity contribution in [3.8, 4) is 0 Å². The predicted octanol–water partition coefficient (Wildman–Crippen LogP) is 3.26. The van der Waals surface area contributed by atoms with Crippen molar-refractivity contribution >= 4 is 11.0 Å². The van der Waals surface area contributed by atoms with Gasteiger partial charge in [-0.3, -0.25) is 0 Å². The second-order valence-corrected chi connectivity index (χ2v) is 4.26. The van der Waals surface area contributed by atoms with Gasteiger partial charge in [0, 0.05) is 12.0 Å². The lowest BCUT2D eigenvalue weighted by Gasteiger charge is -2.21. The second-order valence-electron chi connectivity index (χ2n) is 4.26. The van der Waals surface area contributed by atoms with Crippen LogP contribution in [0.15, 0.2) is 28.7 Å². The molecule has 2 atom stereocenters. The number of hydrogen-bond donors (Lipinski definition) is 1. The predicted molar refractivity (Wildman–Crippen MR) is 69.1 cm³/mol. The van der Waals surface area contributed by atoms with Crippen LogP contribution in [-0.4, -0.2) is 19.8 Å². The Kier molecular flexibility index (Phi) is 3.99. The monoisotopic (exact) mass is 251 g/mol. The molecule has 1 heterocycles. The maximum atomic E-state index is 13.1. The molecule has 0 aliphatic heterocycles. The number of fused-ring (bicyclic) bond motifs is 1. The average Bonchev–Trinajstić information content (AvgIpc) is 2.72. The summed E-state index contributed by atoms with van der Waals surface area (Å²) in [6.07, 6.45) is -0.00888. The molecule has 18 heavy (non-hydrogen) atoms. The minimum Gasteiger partial charge on any atom is -0.459 e. The molecule has 0 saturated carbocycles. The van der Waals surface area contributed by atoms with Gasteiger partial charge in [0.25, 0.3) is 0 Å². The summed E-state index contributed by atoms with van der Waals surface area (Å²) < 4.78 is 24.4. The van der Waals surface area contributed by atoms with E-state index in [2.05, 4.69) is 5.32 Å². The molecule has 0 bridgehead atoms. The molecule has 2 rings (SSSR count). The van der Waals surface area contributed by atoms with Crippen LogP contribution < -0.4 is 5.32 Å². The van der Waals surface area contributed by atoms with Crippen LogP contribution in [-0.2, 0) is 4.74 Å². The third-order valence-corrected chi connectivity index (χ3v) is 3.01. The molecular formula is C14H18FNO2. The molecule has 0 aliphatic carbocycles. The number of furan rings is 1. The highest BCUT2D eigenvalue weighted by molar-refractivity contribution is 5.78. The Morgan fingerprint density at radius 1 is 1.39 bits per heavy atom. The number of hydrogen-bond acceptors (Lipinski definition) is 3. The van der Waals surface area contributed by atoms with Crippen molar-refractivity contribution in [1.82, 2.24) is 5.32 Å². The van der Waals surface area contributed by atoms with Gasteiger partial charge in [0.1, 0.15) is 17.2 Å². The zero-order chi connectivity index (χ0) is 13.1. The van der Waals surface area contributed by atoms with E-state index in [4.69, 9.17) is 9.15 Å². The number of likely N-dealkylation sites (N-methyl/N-ethyl adjacent to an activating group) is 1. The van der Waals surface area contributed by atoms with E-state index in [9.17, 15) is 4.39 Å². The van der Waals surface area contributed by atoms with E-state index < -0.39 is 0 Å². The quantitative estimate of drug-likeness (QED) is 0.885. The maximum Gasteiger partial charge on any atom is 0.134 e. The van der Waals surface area contributed by atoms with Gasteiger partial charge in [-0.05, 0) is 45.2 Å². The van der Waals surface area contributed by atoms with Crippen molar-refractivity contribution in [3.05, 3.63) is 35.8 Å². The van der Waals surface area contributed by atoms with Crippen molar-refractivity contribution in [1.29, 1.82) is 0 Å². The average molecular weight is 251 g/mol. The van der Waals surface area contributed by atoms with Crippen LogP contribution in [0.1, 0.15) is 25.6 Å². The third-order valence-electron chi connectivity index (χ3n) is 3.01. The summed E-state index contributed by atoms with van der Waals surface area (Å²) in [5.74, 6) is 0.507. The first-order valence-electron chi connectivity index (χ1n) is 6.13. The smallest absolute Gasteiger partial charge is 0.134 e. The number of nitrogens with one attached hydrogen (secondary N) is 1. The highest BCUT2D eigenvalue weighted by Gasteiger charge is 2.21. The van der Waals surface area contributed by atoms with Crippen molar-refractivity contribution in [2.24, 2.45) is 0 Å². The third kappa shape index (κ3) is 2.54. The Morgan fingerprint density at radius 3 is 2.83 bits per heavy atom. The number of ether oxygens (including phenoxy) is 1. The van der Waals surface area contributed by atoms with Crippen LogP contribution in [0, 0.1) is 5.82 Å². The van der Waals surface area contributed by atoms with Gasteiger partial charge in [-0.2, -0.15) is 0 Å². The first-order chi connectivity index (χ1) is 8.65. The van der Waals surface area contributed by atoms with E-state index in [1.54, 1.807) is 6.07 Å². The van der Waals surface area contributed by atoms with Crippen LogP contribution >= 0.6 is 0 Å². The van der Waals surface area contributed by atoms with E-state index in [1.807, 2.05) is 27.0 Å². The molecule has 3 nitrogen and oxygen atoms in total. The van der Waals surface area contributed by atoms with Crippen LogP contribution in [0.2, 0.25) is 0 Å². The Hall–Kier alpha value is -1.39. The Bertz CT molecular complexity index is 523. The van der Waals surface area contributed by atoms with E-state index in [-0.39, 0.29) is 18.0 Å². The molecule has 0 fully saturated rings. The molecule has 0 saturated heterocycles. The van der Waals surface area contributed by atoms with E-state index >= 15 is 0 Å². The van der Waals surface area contributed by atoms with Gasteiger partial charge in [-0.25, -0.2) is 4.39 Å². The van der Waals surface area contributed by atoms with E-state index in [1.165, 1.54) is 12.1 Å². The SMILES string of the molecule is CCOC(C)C(NC)c1cc2cc(F)ccc2o1. The number of halogens is 1. The van der Waals surface area contributed by atoms with Gasteiger partial charge in [-0.1, -0.05) is 0 Å². The lowest BCUT2D eigenvalue weighted by atomic mass is 10.1. The highest BCUT2D eigenvalue weighted by atomic mass is 19.1. The molecule has 4 heteroatoms. The number of benzene rings is 1. The molecule has 1 aromatic heterocycles. The maximum absolute atomic E-state index is 13.1. The molecule has 2 aromatic rings. The van der Waals surface area contributed by atoms with Gasteiger partial charge in [-0.15, -0.1) is 0 Å². The summed E-state index contributed by atoms with van der Waals surface area (Å²) >= 11 is 0. The fourth-order valence-electron chi connectivity index (χ4n) is 2.16. The largest absolute Gasteiger partial charge is 0.459 e. The topological polar surface area (TPSA) is 34.4 Å². The number of rotatable bonds is 5. The first-order valence-corrected chi connectivity index (χ1v) is 6.13. The minimum atomic E-state index is -0.256. The van der Waals surface area contributed by atoms with Crippen molar-refractivity contribution in [2.75, 3.05) is 13.7 Å². The van der Waals surface area contributed by atoms with Gasteiger partial charge < -0.3 is 14.5 Å². The van der Waals surface area contributed by atoms with Gasteiger partial charge in [0.05, 0.1) is 12.1 Å². The van der Waals surface area contributed by atoms with Crippen LogP contribution in [0.25, 0.3) is 11.0 Å². The second kappa shape index (κ2) is 5.50. The van der Waals surface area contributed by atoms with E-state index in [0.29, 0.717) is 12.2 Å². The normalized spacial score (nSPS) is 14.9. The van der Waals surface area contributed by atoms with Crippen molar-refractivity contribution in [3.63, 3.8) is 0 Å². The summed E-state index contributed by atoms with van der Waals surface area (Å²) in [4.78, 5) is 0. The molecule has 1 N–H and O–H groups in total. The zero-order valence-electron chi connectivity index (χ0n) is 10.9. The minimum absolute atomic E-state index is 0.00888. The Balaban J connectivity index is 2.33. The summed E-state index contributed by atoms with van der Waals surface area (Å²) in [5, 5.41) is 3.94.